The van der Waals surface area contributed by atoms with Gasteiger partial charge in [-0.15, -0.1) is 22.7 Å². The summed E-state index contributed by atoms with van der Waals surface area (Å²) in [5.41, 5.74) is 30.0. The molecule has 0 saturated carbocycles. The van der Waals surface area contributed by atoms with Crippen LogP contribution in [0.2, 0.25) is 20.1 Å². The molecule has 0 aliphatic heterocycles. The van der Waals surface area contributed by atoms with Crippen molar-refractivity contribution in [2.75, 3.05) is 0 Å². The van der Waals surface area contributed by atoms with E-state index < -0.39 is 0 Å². The van der Waals surface area contributed by atoms with E-state index in [0.29, 0.717) is 5.02 Å². The van der Waals surface area contributed by atoms with E-state index in [1.165, 1.54) is 134 Å². The molecule has 0 bridgehead atoms. The molecule has 0 saturated heterocycles. The molecule has 0 aliphatic rings. The van der Waals surface area contributed by atoms with Gasteiger partial charge in [-0.25, -0.2) is 0 Å². The van der Waals surface area contributed by atoms with Gasteiger partial charge in [0, 0.05) is 142 Å². The summed E-state index contributed by atoms with van der Waals surface area (Å²) in [6, 6.07) is 160. The van der Waals surface area contributed by atoms with Gasteiger partial charge in [0.15, 0.2) is 0 Å². The first-order valence-corrected chi connectivity index (χ1v) is 49.0. The highest BCUT2D eigenvalue weighted by Gasteiger charge is 2.22. The van der Waals surface area contributed by atoms with Gasteiger partial charge in [0.05, 0.1) is 33.1 Å². The van der Waals surface area contributed by atoms with E-state index in [1.807, 2.05) is 77.3 Å². The predicted molar refractivity (Wildman–Crippen MR) is 589 cm³/mol. The third-order valence-electron chi connectivity index (χ3n) is 26.9. The molecule has 138 heavy (non-hydrogen) atoms. The highest BCUT2D eigenvalue weighted by atomic mass is 35.5. The molecule has 8 aromatic heterocycles. The second kappa shape index (κ2) is 34.1. The molecule has 652 valence electrons. The number of furan rings is 3. The van der Waals surface area contributed by atoms with Gasteiger partial charge in [-0.2, -0.15) is 0 Å². The van der Waals surface area contributed by atoms with Crippen molar-refractivity contribution < 1.29 is 13.3 Å². The van der Waals surface area contributed by atoms with Gasteiger partial charge in [-0.3, -0.25) is 0 Å². The van der Waals surface area contributed by atoms with Crippen molar-refractivity contribution in [2.24, 2.45) is 0 Å². The Balaban J connectivity index is 0.0000000959. The molecule has 0 N–H and O–H groups in total. The summed E-state index contributed by atoms with van der Waals surface area (Å²) in [4.78, 5) is 0. The lowest BCUT2D eigenvalue weighted by Gasteiger charge is -2.09. The number of benzene rings is 21. The van der Waals surface area contributed by atoms with Crippen molar-refractivity contribution in [1.29, 1.82) is 0 Å². The minimum absolute atomic E-state index is 0.712. The van der Waals surface area contributed by atoms with Crippen LogP contribution in [0.5, 0.6) is 0 Å². The van der Waals surface area contributed by atoms with E-state index in [9.17, 15) is 0 Å². The molecular weight excluding hydrogens is 1810 g/mol. The topological polar surface area (TPSA) is 54.2 Å². The van der Waals surface area contributed by atoms with E-state index in [2.05, 4.69) is 414 Å². The fourth-order valence-corrected chi connectivity index (χ4v) is 23.3. The van der Waals surface area contributed by atoms with Gasteiger partial charge < -0.3 is 27.0 Å². The molecule has 29 aromatic rings. The van der Waals surface area contributed by atoms with E-state index >= 15 is 0 Å². The first-order chi connectivity index (χ1) is 68.0. The number of fused-ring (bicyclic) bond motifs is 24. The van der Waals surface area contributed by atoms with Crippen molar-refractivity contribution in [3.05, 3.63) is 475 Å². The summed E-state index contributed by atoms with van der Waals surface area (Å²) in [5.74, 6) is 0. The van der Waals surface area contributed by atoms with Crippen LogP contribution in [-0.2, 0) is 0 Å². The highest BCUT2D eigenvalue weighted by Crippen LogP contribution is 2.48. The summed E-state index contributed by atoms with van der Waals surface area (Å²) in [5, 5.41) is 22.3. The molecule has 0 spiro atoms. The second-order valence-electron chi connectivity index (χ2n) is 35.0. The fourth-order valence-electron chi connectivity index (χ4n) is 20.5. The van der Waals surface area contributed by atoms with Crippen LogP contribution >= 0.6 is 69.1 Å². The maximum atomic E-state index is 6.31. The van der Waals surface area contributed by atoms with Crippen LogP contribution in [0.4, 0.5) is 0 Å². The Bertz CT molecular complexity index is 9930. The molecule has 0 atom stereocenters. The van der Waals surface area contributed by atoms with Gasteiger partial charge in [-0.05, 0) is 285 Å². The first-order valence-electron chi connectivity index (χ1n) is 45.9. The van der Waals surface area contributed by atoms with E-state index in [0.717, 1.165) is 137 Å². The monoisotopic (exact) mass is 1880 g/mol. The van der Waals surface area contributed by atoms with E-state index in [1.54, 1.807) is 0 Å². The largest absolute Gasteiger partial charge is 0.456 e. The van der Waals surface area contributed by atoms with Gasteiger partial charge in [-0.1, -0.05) is 283 Å². The lowest BCUT2D eigenvalue weighted by molar-refractivity contribution is 0.668. The molecule has 29 rings (SSSR count). The van der Waals surface area contributed by atoms with Crippen molar-refractivity contribution >= 4 is 241 Å². The number of rotatable bonds is 9. The van der Waals surface area contributed by atoms with Gasteiger partial charge >= 0.3 is 0 Å². The van der Waals surface area contributed by atoms with Gasteiger partial charge in [0.2, 0.25) is 0 Å². The Morgan fingerprint density at radius 1 is 0.159 bits per heavy atom. The Morgan fingerprint density at radius 2 is 0.449 bits per heavy atom. The Hall–Kier alpha value is -16.0. The molecule has 0 aliphatic carbocycles. The summed E-state index contributed by atoms with van der Waals surface area (Å²) in [6.45, 7) is 0. The third kappa shape index (κ3) is 14.6. The number of thiophene rings is 2. The van der Waals surface area contributed by atoms with Crippen LogP contribution in [0.1, 0.15) is 0 Å². The minimum Gasteiger partial charge on any atom is -0.456 e. The number of hydrogen-bond acceptors (Lipinski definition) is 5. The maximum absolute atomic E-state index is 6.31. The smallest absolute Gasteiger partial charge is 0.135 e. The lowest BCUT2D eigenvalue weighted by Crippen LogP contribution is -1.93. The Morgan fingerprint density at radius 3 is 0.906 bits per heavy atom. The fraction of sp³-hybridized carbons (Fsp3) is 0. The van der Waals surface area contributed by atoms with Crippen molar-refractivity contribution in [3.8, 4) is 83.8 Å². The third-order valence-corrected chi connectivity index (χ3v) is 30.2. The van der Waals surface area contributed by atoms with Crippen LogP contribution in [0.25, 0.3) is 255 Å². The number of hydrogen-bond donors (Lipinski definition) is 0. The second-order valence-corrected chi connectivity index (χ2v) is 38.9. The molecule has 0 radical (unpaired) electrons. The SMILES string of the molecule is Clc1ccc(-c2ccc3oc4ccc(-c5ccc6c7ccccc7n(-c7ccccc7)c6c5)cc4c3c2)cc1.Clc1ccc2oc3ccc(-c4ccc5c6ccccc6n(-c6ccccc6)c5c4)cc3c2c1.Clc1ccc2sc3cccc(-c4ccc5sc6ccccc6c5c4)c3c2c1.Clc1cccc(-c2ccc3oc4ccc(-c5ccc6c7ccccc7n(-c7ccccc7)c6c5)cc4c3c2)c1. The summed E-state index contributed by atoms with van der Waals surface area (Å²) >= 11 is 28.7. The van der Waals surface area contributed by atoms with Gasteiger partial charge in [0.1, 0.15) is 33.5 Å². The predicted octanol–water partition coefficient (Wildman–Crippen LogP) is 39.1. The highest BCUT2D eigenvalue weighted by molar-refractivity contribution is 7.26. The minimum atomic E-state index is 0.712. The molecule has 12 heteroatoms. The molecule has 0 fully saturated rings. The number of halogens is 4. The molecule has 0 unspecified atom stereocenters. The van der Waals surface area contributed by atoms with Crippen LogP contribution in [0.3, 0.4) is 0 Å². The first kappa shape index (κ1) is 82.7. The zero-order chi connectivity index (χ0) is 91.7. The normalized spacial score (nSPS) is 11.8. The van der Waals surface area contributed by atoms with Crippen molar-refractivity contribution in [1.82, 2.24) is 13.7 Å². The van der Waals surface area contributed by atoms with Crippen LogP contribution in [0, 0.1) is 0 Å². The molecule has 21 aromatic carbocycles. The number of nitrogens with zero attached hydrogens (tertiary/aromatic N) is 3. The quantitative estimate of drug-likeness (QED) is 0.145. The number of para-hydroxylation sites is 6. The van der Waals surface area contributed by atoms with E-state index in [-0.39, 0.29) is 0 Å². The van der Waals surface area contributed by atoms with E-state index in [4.69, 9.17) is 59.7 Å². The molecule has 0 amide bonds. The molecule has 6 nitrogen and oxygen atoms in total. The standard InChI is InChI=1S/2C36H22ClNO.C30H18ClNO.C24H13ClS2/c37-27-8-6-7-23(19-27)24-14-17-35-31(20-24)32-21-25(15-18-36(32)39-35)26-13-16-30-29-11-4-5-12-33(29)38(34(30)22-26)28-9-2-1-3-10-28;37-27-15-10-23(11-16-27)24-13-18-35-31(20-24)32-21-25(14-19-36(32)39-35)26-12-17-30-29-8-4-5-9-33(29)38(34(30)22-26)28-6-2-1-3-7-28;31-21-12-15-30-26(18-21)25-16-19(11-14-29(25)33-30)20-10-13-24-23-8-4-5-9-27(23)32(28(24)17-20)22-6-2-1-3-7-22;25-15-9-11-22-19(13-15)24-16(5-3-7-23(24)27-22)14-8-10-21-18(12-14)17-4-1-2-6-20(17)26-21/h2*1-22H;1-18H;1-13H. The van der Waals surface area contributed by atoms with Crippen molar-refractivity contribution in [2.45, 2.75) is 0 Å². The number of aromatic nitrogens is 3. The molecular formula is C126H75Cl4N3O3S2. The average Bonchev–Trinajstić information content (AvgIpc) is 1.59. The Kier molecular flexibility index (Phi) is 20.4. The Labute approximate surface area is 819 Å². The lowest BCUT2D eigenvalue weighted by atomic mass is 9.98. The zero-order valence-electron chi connectivity index (χ0n) is 73.7. The zero-order valence-corrected chi connectivity index (χ0v) is 78.4. The maximum Gasteiger partial charge on any atom is 0.135 e. The van der Waals surface area contributed by atoms with Crippen LogP contribution in [-0.4, -0.2) is 13.7 Å². The summed E-state index contributed by atoms with van der Waals surface area (Å²) < 4.78 is 30.8. The van der Waals surface area contributed by atoms with Crippen LogP contribution < -0.4 is 0 Å². The van der Waals surface area contributed by atoms with Gasteiger partial charge in [0.25, 0.3) is 0 Å². The summed E-state index contributed by atoms with van der Waals surface area (Å²) in [7, 11) is 0. The average molecular weight is 1880 g/mol. The molecule has 8 heterocycles. The van der Waals surface area contributed by atoms with Crippen LogP contribution in [0.15, 0.2) is 468 Å². The summed E-state index contributed by atoms with van der Waals surface area (Å²) in [6.07, 6.45) is 0. The van der Waals surface area contributed by atoms with Crippen molar-refractivity contribution in [3.63, 3.8) is 0 Å².